The van der Waals surface area contributed by atoms with Crippen LogP contribution in [0.15, 0.2) is 18.2 Å². The molecule has 0 bridgehead atoms. The number of hydrogen-bond acceptors (Lipinski definition) is 3. The van der Waals surface area contributed by atoms with Crippen LogP contribution in [-0.4, -0.2) is 41.6 Å². The number of aryl methyl sites for hydroxylation is 2. The molecule has 1 fully saturated rings. The zero-order valence-electron chi connectivity index (χ0n) is 14.0. The number of piperidine rings is 1. The van der Waals surface area contributed by atoms with Gasteiger partial charge in [-0.25, -0.2) is 0 Å². The molecule has 5 heteroatoms. The summed E-state index contributed by atoms with van der Waals surface area (Å²) in [7, 11) is 0. The molecular formula is C19H25NO4. The fourth-order valence-electron chi connectivity index (χ4n) is 3.67. The minimum absolute atomic E-state index is 0.0125. The van der Waals surface area contributed by atoms with Gasteiger partial charge in [0.2, 0.25) is 0 Å². The molecule has 1 aliphatic heterocycles. The highest BCUT2D eigenvalue weighted by Crippen LogP contribution is 2.25. The smallest absolute Gasteiger partial charge is 0.303 e. The first-order valence-corrected chi connectivity index (χ1v) is 8.86. The molecule has 0 saturated carbocycles. The van der Waals surface area contributed by atoms with Gasteiger partial charge in [0.25, 0.3) is 5.91 Å². The SMILES string of the molecule is O=C(O)CC1CCN(C(=O)COc2ccc3c(c2)CCCC3)CC1. The number of hydrogen-bond donors (Lipinski definition) is 1. The third-order valence-electron chi connectivity index (χ3n) is 5.11. The topological polar surface area (TPSA) is 66.8 Å². The van der Waals surface area contributed by atoms with E-state index in [1.54, 1.807) is 4.90 Å². The van der Waals surface area contributed by atoms with E-state index in [2.05, 4.69) is 12.1 Å². The molecule has 1 N–H and O–H groups in total. The third kappa shape index (κ3) is 4.28. The molecule has 2 aliphatic rings. The van der Waals surface area contributed by atoms with Gasteiger partial charge >= 0.3 is 5.97 Å². The van der Waals surface area contributed by atoms with Crippen LogP contribution in [0.2, 0.25) is 0 Å². The Morgan fingerprint density at radius 3 is 2.54 bits per heavy atom. The van der Waals surface area contributed by atoms with Gasteiger partial charge in [-0.05, 0) is 67.7 Å². The van der Waals surface area contributed by atoms with Gasteiger partial charge in [0.05, 0.1) is 0 Å². The first-order valence-electron chi connectivity index (χ1n) is 8.86. The van der Waals surface area contributed by atoms with E-state index in [9.17, 15) is 9.59 Å². The molecule has 5 nitrogen and oxygen atoms in total. The number of ether oxygens (including phenoxy) is 1. The molecule has 24 heavy (non-hydrogen) atoms. The van der Waals surface area contributed by atoms with Crippen LogP contribution in [0, 0.1) is 5.92 Å². The molecule has 0 radical (unpaired) electrons. The second kappa shape index (κ2) is 7.69. The highest BCUT2D eigenvalue weighted by molar-refractivity contribution is 5.78. The van der Waals surface area contributed by atoms with Crippen LogP contribution in [0.3, 0.4) is 0 Å². The fourth-order valence-corrected chi connectivity index (χ4v) is 3.67. The van der Waals surface area contributed by atoms with Crippen molar-refractivity contribution in [1.29, 1.82) is 0 Å². The molecule has 3 rings (SSSR count). The lowest BCUT2D eigenvalue weighted by molar-refractivity contribution is -0.139. The van der Waals surface area contributed by atoms with E-state index in [1.165, 1.54) is 24.0 Å². The fraction of sp³-hybridized carbons (Fsp3) is 0.579. The minimum Gasteiger partial charge on any atom is -0.484 e. The summed E-state index contributed by atoms with van der Waals surface area (Å²) in [5.41, 5.74) is 2.75. The van der Waals surface area contributed by atoms with Crippen LogP contribution >= 0.6 is 0 Å². The van der Waals surface area contributed by atoms with Gasteiger partial charge in [-0.3, -0.25) is 9.59 Å². The van der Waals surface area contributed by atoms with Crippen molar-refractivity contribution in [2.45, 2.75) is 44.9 Å². The molecular weight excluding hydrogens is 306 g/mol. The van der Waals surface area contributed by atoms with E-state index in [0.29, 0.717) is 13.1 Å². The van der Waals surface area contributed by atoms with Crippen molar-refractivity contribution < 1.29 is 19.4 Å². The molecule has 1 aliphatic carbocycles. The van der Waals surface area contributed by atoms with Crippen molar-refractivity contribution in [3.63, 3.8) is 0 Å². The molecule has 0 unspecified atom stereocenters. The minimum atomic E-state index is -0.754. The van der Waals surface area contributed by atoms with Gasteiger partial charge in [-0.15, -0.1) is 0 Å². The van der Waals surface area contributed by atoms with Gasteiger partial charge in [-0.1, -0.05) is 6.07 Å². The third-order valence-corrected chi connectivity index (χ3v) is 5.11. The Balaban J connectivity index is 1.47. The molecule has 1 amide bonds. The van der Waals surface area contributed by atoms with E-state index in [-0.39, 0.29) is 24.9 Å². The summed E-state index contributed by atoms with van der Waals surface area (Å²) in [6.45, 7) is 1.32. The average molecular weight is 331 g/mol. The number of likely N-dealkylation sites (tertiary alicyclic amines) is 1. The van der Waals surface area contributed by atoms with Crippen LogP contribution in [0.5, 0.6) is 5.75 Å². The molecule has 1 aromatic rings. The van der Waals surface area contributed by atoms with Crippen LogP contribution in [0.1, 0.15) is 43.2 Å². The maximum absolute atomic E-state index is 12.3. The van der Waals surface area contributed by atoms with E-state index in [1.807, 2.05) is 6.07 Å². The average Bonchev–Trinajstić information content (AvgIpc) is 2.59. The van der Waals surface area contributed by atoms with Crippen molar-refractivity contribution in [2.75, 3.05) is 19.7 Å². The molecule has 0 aromatic heterocycles. The Hall–Kier alpha value is -2.04. The lowest BCUT2D eigenvalue weighted by atomic mass is 9.92. The van der Waals surface area contributed by atoms with E-state index < -0.39 is 5.97 Å². The summed E-state index contributed by atoms with van der Waals surface area (Å²) in [5.74, 6) is 0.190. The number of carboxylic acids is 1. The highest BCUT2D eigenvalue weighted by atomic mass is 16.5. The number of fused-ring (bicyclic) bond motifs is 1. The van der Waals surface area contributed by atoms with Crippen LogP contribution in [0.4, 0.5) is 0 Å². The zero-order chi connectivity index (χ0) is 16.9. The molecule has 130 valence electrons. The lowest BCUT2D eigenvalue weighted by Gasteiger charge is -2.31. The summed E-state index contributed by atoms with van der Waals surface area (Å²) < 4.78 is 5.69. The zero-order valence-corrected chi connectivity index (χ0v) is 14.0. The predicted molar refractivity (Wildman–Crippen MR) is 90.1 cm³/mol. The number of benzene rings is 1. The molecule has 0 atom stereocenters. The Bertz CT molecular complexity index is 605. The summed E-state index contributed by atoms with van der Waals surface area (Å²) >= 11 is 0. The summed E-state index contributed by atoms with van der Waals surface area (Å²) in [5, 5.41) is 8.83. The number of carbonyl (C=O) groups excluding carboxylic acids is 1. The standard InChI is InChI=1S/C19H25NO4/c21-18(20-9-7-14(8-10-20)11-19(22)23)13-24-17-6-5-15-3-1-2-4-16(15)12-17/h5-6,12,14H,1-4,7-11,13H2,(H,22,23). The van der Waals surface area contributed by atoms with Gasteiger partial charge < -0.3 is 14.7 Å². The molecule has 1 aromatic carbocycles. The maximum Gasteiger partial charge on any atom is 0.303 e. The lowest BCUT2D eigenvalue weighted by Crippen LogP contribution is -2.41. The second-order valence-electron chi connectivity index (χ2n) is 6.85. The van der Waals surface area contributed by atoms with Crippen LogP contribution in [0.25, 0.3) is 0 Å². The predicted octanol–water partition coefficient (Wildman–Crippen LogP) is 2.66. The second-order valence-corrected chi connectivity index (χ2v) is 6.85. The van der Waals surface area contributed by atoms with Gasteiger partial charge in [-0.2, -0.15) is 0 Å². The first kappa shape index (κ1) is 16.8. The van der Waals surface area contributed by atoms with Crippen molar-refractivity contribution in [1.82, 2.24) is 4.90 Å². The van der Waals surface area contributed by atoms with Crippen molar-refractivity contribution in [3.05, 3.63) is 29.3 Å². The van der Waals surface area contributed by atoms with E-state index in [0.717, 1.165) is 31.4 Å². The monoisotopic (exact) mass is 331 g/mol. The Kier molecular flexibility index (Phi) is 5.38. The number of nitrogens with zero attached hydrogens (tertiary/aromatic N) is 1. The van der Waals surface area contributed by atoms with Gasteiger partial charge in [0.15, 0.2) is 6.61 Å². The van der Waals surface area contributed by atoms with Crippen molar-refractivity contribution in [2.24, 2.45) is 5.92 Å². The summed E-state index contributed by atoms with van der Waals surface area (Å²) in [6, 6.07) is 6.14. The van der Waals surface area contributed by atoms with Crippen LogP contribution < -0.4 is 4.74 Å². The quantitative estimate of drug-likeness (QED) is 0.901. The molecule has 1 heterocycles. The highest BCUT2D eigenvalue weighted by Gasteiger charge is 2.24. The number of aliphatic carboxylic acids is 1. The number of carboxylic acid groups (broad SMARTS) is 1. The Labute approximate surface area is 142 Å². The largest absolute Gasteiger partial charge is 0.484 e. The Morgan fingerprint density at radius 1 is 1.12 bits per heavy atom. The van der Waals surface area contributed by atoms with Gasteiger partial charge in [0, 0.05) is 19.5 Å². The van der Waals surface area contributed by atoms with E-state index >= 15 is 0 Å². The van der Waals surface area contributed by atoms with Crippen LogP contribution in [-0.2, 0) is 22.4 Å². The first-order chi connectivity index (χ1) is 11.6. The normalized spacial score (nSPS) is 18.1. The maximum atomic E-state index is 12.3. The van der Waals surface area contributed by atoms with E-state index in [4.69, 9.17) is 9.84 Å². The van der Waals surface area contributed by atoms with Crippen molar-refractivity contribution >= 4 is 11.9 Å². The molecule has 0 spiro atoms. The number of carbonyl (C=O) groups is 2. The Morgan fingerprint density at radius 2 is 1.83 bits per heavy atom. The summed E-state index contributed by atoms with van der Waals surface area (Å²) in [4.78, 5) is 24.8. The van der Waals surface area contributed by atoms with Gasteiger partial charge in [0.1, 0.15) is 5.75 Å². The molecule has 1 saturated heterocycles. The van der Waals surface area contributed by atoms with Crippen molar-refractivity contribution in [3.8, 4) is 5.75 Å². The summed E-state index contributed by atoms with van der Waals surface area (Å²) in [6.07, 6.45) is 6.43. The number of amides is 1. The number of rotatable bonds is 5.